The van der Waals surface area contributed by atoms with Crippen molar-refractivity contribution in [3.63, 3.8) is 0 Å². The second-order valence-corrected chi connectivity index (χ2v) is 6.02. The summed E-state index contributed by atoms with van der Waals surface area (Å²) in [5.74, 6) is -0.454. The van der Waals surface area contributed by atoms with Crippen molar-refractivity contribution in [2.75, 3.05) is 12.8 Å². The smallest absolute Gasteiger partial charge is 0.231 e. The Bertz CT molecular complexity index is 313. The molecule has 0 heterocycles. The van der Waals surface area contributed by atoms with Gasteiger partial charge in [0.05, 0.1) is 11.8 Å². The maximum atomic E-state index is 11.3. The summed E-state index contributed by atoms with van der Waals surface area (Å²) >= 11 is 0. The summed E-state index contributed by atoms with van der Waals surface area (Å²) in [5, 5.41) is 2.52. The Balaban J connectivity index is 2.56. The van der Waals surface area contributed by atoms with E-state index in [-0.39, 0.29) is 17.8 Å². The molecule has 1 fully saturated rings. The molecule has 2 atom stereocenters. The van der Waals surface area contributed by atoms with Crippen LogP contribution in [0.15, 0.2) is 0 Å². The standard InChI is InChI=1S/C8H16N2O3S/c1-14(12,13)7-4-2-3-6(7)10-5-8(9)11/h6-7,10H,2-5H2,1H3,(H2,9,11). The summed E-state index contributed by atoms with van der Waals surface area (Å²) < 4.78 is 22.7. The van der Waals surface area contributed by atoms with Gasteiger partial charge in [0.15, 0.2) is 9.84 Å². The van der Waals surface area contributed by atoms with Gasteiger partial charge >= 0.3 is 0 Å². The maximum absolute atomic E-state index is 11.3. The molecular formula is C8H16N2O3S. The molecule has 0 aromatic heterocycles. The van der Waals surface area contributed by atoms with Gasteiger partial charge in [-0.05, 0) is 12.8 Å². The topological polar surface area (TPSA) is 89.3 Å². The second kappa shape index (κ2) is 4.27. The van der Waals surface area contributed by atoms with Gasteiger partial charge in [-0.1, -0.05) is 6.42 Å². The molecule has 1 aliphatic carbocycles. The molecule has 0 aromatic rings. The Labute approximate surface area is 84.0 Å². The van der Waals surface area contributed by atoms with E-state index in [0.29, 0.717) is 6.42 Å². The SMILES string of the molecule is CS(=O)(=O)C1CCCC1NCC(N)=O. The van der Waals surface area contributed by atoms with E-state index < -0.39 is 15.7 Å². The lowest BCUT2D eigenvalue weighted by molar-refractivity contribution is -0.117. The van der Waals surface area contributed by atoms with Gasteiger partial charge in [-0.15, -0.1) is 0 Å². The summed E-state index contributed by atoms with van der Waals surface area (Å²) in [7, 11) is -3.01. The lowest BCUT2D eigenvalue weighted by atomic mass is 10.2. The predicted octanol–water partition coefficient (Wildman–Crippen LogP) is -0.973. The average molecular weight is 220 g/mol. The third-order valence-corrected chi connectivity index (χ3v) is 4.21. The van der Waals surface area contributed by atoms with E-state index in [1.165, 1.54) is 6.26 Å². The van der Waals surface area contributed by atoms with Crippen molar-refractivity contribution in [3.05, 3.63) is 0 Å². The van der Waals surface area contributed by atoms with Crippen LogP contribution in [0.1, 0.15) is 19.3 Å². The second-order valence-electron chi connectivity index (χ2n) is 3.75. The number of nitrogens with two attached hydrogens (primary N) is 1. The first kappa shape index (κ1) is 11.5. The quantitative estimate of drug-likeness (QED) is 0.637. The van der Waals surface area contributed by atoms with Crippen molar-refractivity contribution >= 4 is 15.7 Å². The van der Waals surface area contributed by atoms with E-state index in [2.05, 4.69) is 5.32 Å². The normalized spacial score (nSPS) is 27.8. The molecule has 0 radical (unpaired) electrons. The van der Waals surface area contributed by atoms with Gasteiger partial charge in [0.25, 0.3) is 0 Å². The number of hydrogen-bond acceptors (Lipinski definition) is 4. The number of carbonyl (C=O) groups excluding carboxylic acids is 1. The molecule has 0 spiro atoms. The molecule has 1 rings (SSSR count). The Kier molecular flexibility index (Phi) is 3.49. The van der Waals surface area contributed by atoms with Gasteiger partial charge in [0.2, 0.25) is 5.91 Å². The zero-order valence-electron chi connectivity index (χ0n) is 8.19. The van der Waals surface area contributed by atoms with Crippen molar-refractivity contribution in [1.29, 1.82) is 0 Å². The molecule has 0 saturated heterocycles. The van der Waals surface area contributed by atoms with Crippen LogP contribution < -0.4 is 11.1 Å². The summed E-state index contributed by atoms with van der Waals surface area (Å²) in [6.07, 6.45) is 3.59. The summed E-state index contributed by atoms with van der Waals surface area (Å²) in [4.78, 5) is 10.5. The monoisotopic (exact) mass is 220 g/mol. The zero-order valence-corrected chi connectivity index (χ0v) is 9.01. The first-order chi connectivity index (χ1) is 6.41. The van der Waals surface area contributed by atoms with Gasteiger partial charge in [-0.2, -0.15) is 0 Å². The minimum atomic E-state index is -3.01. The van der Waals surface area contributed by atoms with Gasteiger partial charge < -0.3 is 11.1 Å². The Morgan fingerprint density at radius 1 is 1.50 bits per heavy atom. The van der Waals surface area contributed by atoms with Crippen molar-refractivity contribution < 1.29 is 13.2 Å². The fraction of sp³-hybridized carbons (Fsp3) is 0.875. The van der Waals surface area contributed by atoms with Crippen molar-refractivity contribution in [2.45, 2.75) is 30.6 Å². The number of primary amides is 1. The number of sulfone groups is 1. The average Bonchev–Trinajstić information content (AvgIpc) is 2.46. The first-order valence-electron chi connectivity index (χ1n) is 4.62. The summed E-state index contributed by atoms with van der Waals surface area (Å²) in [5.41, 5.74) is 4.97. The molecule has 0 aliphatic heterocycles. The van der Waals surface area contributed by atoms with Gasteiger partial charge in [0.1, 0.15) is 0 Å². The first-order valence-corrected chi connectivity index (χ1v) is 6.57. The molecule has 2 unspecified atom stereocenters. The third-order valence-electron chi connectivity index (χ3n) is 2.54. The Hall–Kier alpha value is -0.620. The van der Waals surface area contributed by atoms with E-state index in [1.54, 1.807) is 0 Å². The minimum Gasteiger partial charge on any atom is -0.369 e. The molecule has 0 aromatic carbocycles. The van der Waals surface area contributed by atoms with Gasteiger partial charge in [0, 0.05) is 12.3 Å². The number of hydrogen-bond donors (Lipinski definition) is 2. The number of nitrogens with one attached hydrogen (secondary N) is 1. The zero-order chi connectivity index (χ0) is 10.8. The predicted molar refractivity (Wildman–Crippen MR) is 53.5 cm³/mol. The highest BCUT2D eigenvalue weighted by molar-refractivity contribution is 7.91. The molecule has 6 heteroatoms. The number of rotatable bonds is 4. The molecular weight excluding hydrogens is 204 g/mol. The largest absolute Gasteiger partial charge is 0.369 e. The van der Waals surface area contributed by atoms with E-state index in [4.69, 9.17) is 5.73 Å². The fourth-order valence-electron chi connectivity index (χ4n) is 1.90. The maximum Gasteiger partial charge on any atom is 0.231 e. The molecule has 82 valence electrons. The van der Waals surface area contributed by atoms with E-state index >= 15 is 0 Å². The van der Waals surface area contributed by atoms with Crippen LogP contribution in [-0.2, 0) is 14.6 Å². The fourth-order valence-corrected chi connectivity index (χ4v) is 3.33. The highest BCUT2D eigenvalue weighted by atomic mass is 32.2. The van der Waals surface area contributed by atoms with Crippen molar-refractivity contribution in [2.24, 2.45) is 5.73 Å². The van der Waals surface area contributed by atoms with Crippen LogP contribution >= 0.6 is 0 Å². The van der Waals surface area contributed by atoms with E-state index in [0.717, 1.165) is 12.8 Å². The molecule has 5 nitrogen and oxygen atoms in total. The summed E-state index contributed by atoms with van der Waals surface area (Å²) in [6, 6.07) is -0.113. The van der Waals surface area contributed by atoms with Crippen LogP contribution in [0.25, 0.3) is 0 Å². The van der Waals surface area contributed by atoms with Crippen LogP contribution in [-0.4, -0.2) is 38.4 Å². The van der Waals surface area contributed by atoms with E-state index in [1.807, 2.05) is 0 Å². The van der Waals surface area contributed by atoms with Crippen molar-refractivity contribution in [3.8, 4) is 0 Å². The lowest BCUT2D eigenvalue weighted by Crippen LogP contribution is -2.43. The molecule has 0 bridgehead atoms. The molecule has 1 aliphatic rings. The van der Waals surface area contributed by atoms with Gasteiger partial charge in [-0.25, -0.2) is 8.42 Å². The van der Waals surface area contributed by atoms with Crippen LogP contribution in [0.3, 0.4) is 0 Å². The third kappa shape index (κ3) is 2.95. The molecule has 1 amide bonds. The van der Waals surface area contributed by atoms with Crippen LogP contribution in [0.4, 0.5) is 0 Å². The lowest BCUT2D eigenvalue weighted by Gasteiger charge is -2.18. The number of carbonyl (C=O) groups is 1. The van der Waals surface area contributed by atoms with Crippen molar-refractivity contribution in [1.82, 2.24) is 5.32 Å². The van der Waals surface area contributed by atoms with E-state index in [9.17, 15) is 13.2 Å². The van der Waals surface area contributed by atoms with Crippen LogP contribution in [0.5, 0.6) is 0 Å². The van der Waals surface area contributed by atoms with Crippen LogP contribution in [0.2, 0.25) is 0 Å². The highest BCUT2D eigenvalue weighted by Gasteiger charge is 2.34. The van der Waals surface area contributed by atoms with Gasteiger partial charge in [-0.3, -0.25) is 4.79 Å². The molecule has 3 N–H and O–H groups in total. The molecule has 14 heavy (non-hydrogen) atoms. The summed E-state index contributed by atoms with van der Waals surface area (Å²) in [6.45, 7) is 0.0523. The minimum absolute atomic E-state index is 0.0523. The highest BCUT2D eigenvalue weighted by Crippen LogP contribution is 2.24. The van der Waals surface area contributed by atoms with Crippen LogP contribution in [0, 0.1) is 0 Å². The Morgan fingerprint density at radius 2 is 2.14 bits per heavy atom. The number of amides is 1. The Morgan fingerprint density at radius 3 is 2.64 bits per heavy atom. The molecule has 1 saturated carbocycles.